The fourth-order valence-electron chi connectivity index (χ4n) is 3.73. The quantitative estimate of drug-likeness (QED) is 0.341. The summed E-state index contributed by atoms with van der Waals surface area (Å²) in [6.07, 6.45) is 1.93. The zero-order valence-corrected chi connectivity index (χ0v) is 12.4. The summed E-state index contributed by atoms with van der Waals surface area (Å²) in [5, 5.41) is 3.86. The van der Waals surface area contributed by atoms with Crippen LogP contribution in [-0.2, 0) is 0 Å². The molecule has 0 radical (unpaired) electrons. The van der Waals surface area contributed by atoms with Crippen molar-refractivity contribution in [3.63, 3.8) is 0 Å². The van der Waals surface area contributed by atoms with E-state index in [2.05, 4.69) is 59.0 Å². The van der Waals surface area contributed by atoms with Crippen LogP contribution in [0.3, 0.4) is 0 Å². The van der Waals surface area contributed by atoms with Crippen LogP contribution in [0.5, 0.6) is 0 Å². The van der Waals surface area contributed by atoms with E-state index in [9.17, 15) is 0 Å². The van der Waals surface area contributed by atoms with Gasteiger partial charge < -0.3 is 4.40 Å². The first-order valence-electron chi connectivity index (χ1n) is 7.34. The van der Waals surface area contributed by atoms with E-state index in [1.54, 1.807) is 0 Å². The van der Waals surface area contributed by atoms with Crippen molar-refractivity contribution in [3.8, 4) is 0 Å². The minimum Gasteiger partial charge on any atom is -0.307 e. The topological polar surface area (TPSA) is 17.3 Å². The maximum Gasteiger partial charge on any atom is 0.0831 e. The van der Waals surface area contributed by atoms with Crippen LogP contribution in [0.4, 0.5) is 0 Å². The van der Waals surface area contributed by atoms with Crippen LogP contribution < -0.4 is 0 Å². The number of fused-ring (bicyclic) bond motifs is 6. The van der Waals surface area contributed by atoms with Crippen molar-refractivity contribution in [1.29, 1.82) is 0 Å². The number of rotatable bonds is 0. The molecule has 3 heteroatoms. The largest absolute Gasteiger partial charge is 0.307 e. The van der Waals surface area contributed by atoms with E-state index in [1.807, 2.05) is 17.5 Å². The Balaban J connectivity index is 2.18. The van der Waals surface area contributed by atoms with Crippen LogP contribution in [0.2, 0.25) is 0 Å². The summed E-state index contributed by atoms with van der Waals surface area (Å²) < 4.78 is 5.10. The number of hydrogen-bond acceptors (Lipinski definition) is 2. The third kappa shape index (κ3) is 1.09. The van der Waals surface area contributed by atoms with Crippen molar-refractivity contribution >= 4 is 59.0 Å². The lowest BCUT2D eigenvalue weighted by Crippen LogP contribution is -1.91. The van der Waals surface area contributed by atoms with Gasteiger partial charge in [0, 0.05) is 27.1 Å². The Hall–Kier alpha value is -2.65. The minimum atomic E-state index is 1.12. The molecule has 0 fully saturated rings. The molecule has 0 aliphatic carbocycles. The minimum absolute atomic E-state index is 1.12. The van der Waals surface area contributed by atoms with Gasteiger partial charge in [0.2, 0.25) is 0 Å². The molecule has 0 saturated carbocycles. The number of pyridine rings is 2. The summed E-state index contributed by atoms with van der Waals surface area (Å²) >= 11 is 1.88. The van der Waals surface area contributed by atoms with E-state index in [1.165, 1.54) is 42.1 Å². The molecular formula is C19H10N2S. The van der Waals surface area contributed by atoms with Crippen LogP contribution in [0, 0.1) is 0 Å². The molecule has 0 aliphatic rings. The predicted octanol–water partition coefficient (Wildman–Crippen LogP) is 5.45. The van der Waals surface area contributed by atoms with E-state index < -0.39 is 0 Å². The summed E-state index contributed by atoms with van der Waals surface area (Å²) in [6, 6.07) is 19.4. The van der Waals surface area contributed by atoms with Gasteiger partial charge in [-0.05, 0) is 18.2 Å². The molecule has 0 bridgehead atoms. The zero-order chi connectivity index (χ0) is 14.3. The lowest BCUT2D eigenvalue weighted by Gasteiger charge is -2.08. The first-order chi connectivity index (χ1) is 10.9. The molecule has 0 aliphatic heterocycles. The Morgan fingerprint density at radius 1 is 0.818 bits per heavy atom. The SMILES string of the molecule is c1ccc2c(c1)c1nccc3sc4c5ccccc5n2c4c31. The normalized spacial score (nSPS) is 12.5. The van der Waals surface area contributed by atoms with Gasteiger partial charge in [0.05, 0.1) is 26.8 Å². The number of hydrogen-bond donors (Lipinski definition) is 0. The monoisotopic (exact) mass is 298 g/mol. The molecule has 102 valence electrons. The number of aromatic nitrogens is 2. The third-order valence-corrected chi connectivity index (χ3v) is 5.77. The second-order valence-corrected chi connectivity index (χ2v) is 6.73. The molecule has 22 heavy (non-hydrogen) atoms. The second kappa shape index (κ2) is 3.57. The van der Waals surface area contributed by atoms with E-state index in [0.717, 1.165) is 5.52 Å². The van der Waals surface area contributed by atoms with Gasteiger partial charge in [-0.3, -0.25) is 4.98 Å². The molecule has 0 atom stereocenters. The molecule has 0 saturated heterocycles. The van der Waals surface area contributed by atoms with Gasteiger partial charge in [0.15, 0.2) is 0 Å². The average Bonchev–Trinajstić information content (AvgIpc) is 3.10. The predicted molar refractivity (Wildman–Crippen MR) is 94.3 cm³/mol. The smallest absolute Gasteiger partial charge is 0.0831 e. The summed E-state index contributed by atoms with van der Waals surface area (Å²) in [4.78, 5) is 4.70. The van der Waals surface area contributed by atoms with Crippen molar-refractivity contribution < 1.29 is 0 Å². The third-order valence-electron chi connectivity index (χ3n) is 4.59. The van der Waals surface area contributed by atoms with Crippen molar-refractivity contribution in [3.05, 3.63) is 60.8 Å². The highest BCUT2D eigenvalue weighted by atomic mass is 32.1. The highest BCUT2D eigenvalue weighted by Crippen LogP contribution is 2.44. The molecule has 0 unspecified atom stereocenters. The Kier molecular flexibility index (Phi) is 1.78. The van der Waals surface area contributed by atoms with Crippen LogP contribution in [-0.4, -0.2) is 9.38 Å². The maximum absolute atomic E-state index is 4.70. The molecule has 4 aromatic heterocycles. The molecule has 2 nitrogen and oxygen atoms in total. The van der Waals surface area contributed by atoms with Crippen molar-refractivity contribution in [2.24, 2.45) is 0 Å². The second-order valence-electron chi connectivity index (χ2n) is 5.68. The molecule has 0 amide bonds. The molecular weight excluding hydrogens is 288 g/mol. The highest BCUT2D eigenvalue weighted by molar-refractivity contribution is 7.26. The summed E-state index contributed by atoms with van der Waals surface area (Å²) in [7, 11) is 0. The standard InChI is InChI=1S/C19H10N2S/c1-3-7-13-11(5-1)17-16-15(9-10-20-17)22-19-12-6-2-4-8-14(12)21(13)18(16)19/h1-10H. The van der Waals surface area contributed by atoms with Gasteiger partial charge in [0.25, 0.3) is 0 Å². The first kappa shape index (κ1) is 11.0. The molecule has 4 heterocycles. The average molecular weight is 298 g/mol. The van der Waals surface area contributed by atoms with E-state index in [-0.39, 0.29) is 0 Å². The van der Waals surface area contributed by atoms with Gasteiger partial charge in [0.1, 0.15) is 0 Å². The molecule has 0 N–H and O–H groups in total. The van der Waals surface area contributed by atoms with Crippen LogP contribution >= 0.6 is 11.3 Å². The van der Waals surface area contributed by atoms with Gasteiger partial charge in [-0.15, -0.1) is 11.3 Å². The summed E-state index contributed by atoms with van der Waals surface area (Å²) in [5.41, 5.74) is 4.96. The Morgan fingerprint density at radius 2 is 1.55 bits per heavy atom. The van der Waals surface area contributed by atoms with E-state index >= 15 is 0 Å². The van der Waals surface area contributed by atoms with Crippen LogP contribution in [0.25, 0.3) is 47.6 Å². The van der Waals surface area contributed by atoms with Gasteiger partial charge in [-0.1, -0.05) is 36.4 Å². The molecule has 6 aromatic rings. The van der Waals surface area contributed by atoms with E-state index in [4.69, 9.17) is 4.98 Å². The first-order valence-corrected chi connectivity index (χ1v) is 8.15. The number of thiophene rings is 1. The van der Waals surface area contributed by atoms with Crippen molar-refractivity contribution in [2.45, 2.75) is 0 Å². The number of para-hydroxylation sites is 2. The fourth-order valence-corrected chi connectivity index (χ4v) is 4.95. The zero-order valence-electron chi connectivity index (χ0n) is 11.6. The number of nitrogens with zero attached hydrogens (tertiary/aromatic N) is 2. The Morgan fingerprint density at radius 3 is 2.41 bits per heavy atom. The molecule has 6 rings (SSSR count). The highest BCUT2D eigenvalue weighted by Gasteiger charge is 2.20. The van der Waals surface area contributed by atoms with Gasteiger partial charge in [-0.25, -0.2) is 0 Å². The fraction of sp³-hybridized carbons (Fsp3) is 0. The van der Waals surface area contributed by atoms with Gasteiger partial charge >= 0.3 is 0 Å². The van der Waals surface area contributed by atoms with Crippen LogP contribution in [0.15, 0.2) is 60.8 Å². The number of benzene rings is 2. The van der Waals surface area contributed by atoms with Crippen molar-refractivity contribution in [1.82, 2.24) is 9.38 Å². The Bertz CT molecular complexity index is 1320. The van der Waals surface area contributed by atoms with Crippen molar-refractivity contribution in [2.75, 3.05) is 0 Å². The summed E-state index contributed by atoms with van der Waals surface area (Å²) in [5.74, 6) is 0. The Labute approximate surface area is 129 Å². The van der Waals surface area contributed by atoms with Gasteiger partial charge in [-0.2, -0.15) is 0 Å². The van der Waals surface area contributed by atoms with E-state index in [0.29, 0.717) is 0 Å². The lowest BCUT2D eigenvalue weighted by atomic mass is 10.1. The summed E-state index contributed by atoms with van der Waals surface area (Å²) in [6.45, 7) is 0. The molecule has 2 aromatic carbocycles. The maximum atomic E-state index is 4.70. The molecule has 0 spiro atoms. The van der Waals surface area contributed by atoms with Crippen LogP contribution in [0.1, 0.15) is 0 Å². The lowest BCUT2D eigenvalue weighted by molar-refractivity contribution is 1.34.